The summed E-state index contributed by atoms with van der Waals surface area (Å²) >= 11 is 3.56. The van der Waals surface area contributed by atoms with Crippen molar-refractivity contribution in [2.45, 2.75) is 26.2 Å². The van der Waals surface area contributed by atoms with Crippen molar-refractivity contribution in [1.82, 2.24) is 10.2 Å². The summed E-state index contributed by atoms with van der Waals surface area (Å²) in [6, 6.07) is 8.58. The molecule has 128 valence electrons. The molecule has 0 radical (unpaired) electrons. The quantitative estimate of drug-likeness (QED) is 0.604. The molecule has 0 amide bonds. The van der Waals surface area contributed by atoms with Gasteiger partial charge in [0, 0.05) is 50.4 Å². The first-order valence-electron chi connectivity index (χ1n) is 8.56. The topological polar surface area (TPSA) is 30.9 Å². The molecule has 0 saturated carbocycles. The van der Waals surface area contributed by atoms with Crippen LogP contribution in [0.3, 0.4) is 0 Å². The van der Waals surface area contributed by atoms with E-state index in [2.05, 4.69) is 74.3 Å². The summed E-state index contributed by atoms with van der Waals surface area (Å²) in [6.45, 7) is 6.52. The number of guanidine groups is 1. The van der Waals surface area contributed by atoms with Crippen LogP contribution in [0.5, 0.6) is 0 Å². The second-order valence-corrected chi connectivity index (χ2v) is 7.20. The van der Waals surface area contributed by atoms with Crippen LogP contribution in [0, 0.1) is 5.92 Å². The highest BCUT2D eigenvalue weighted by atomic mass is 79.9. The molecule has 0 aliphatic carbocycles. The van der Waals surface area contributed by atoms with E-state index in [9.17, 15) is 0 Å². The third-order valence-electron chi connectivity index (χ3n) is 4.43. The molecule has 1 N–H and O–H groups in total. The van der Waals surface area contributed by atoms with Crippen LogP contribution in [0.4, 0.5) is 5.69 Å². The molecule has 1 fully saturated rings. The first-order chi connectivity index (χ1) is 11.1. The van der Waals surface area contributed by atoms with Gasteiger partial charge in [0.25, 0.3) is 0 Å². The number of halogens is 1. The van der Waals surface area contributed by atoms with Gasteiger partial charge in [-0.2, -0.15) is 0 Å². The molecule has 1 aromatic rings. The van der Waals surface area contributed by atoms with Gasteiger partial charge in [-0.25, -0.2) is 0 Å². The van der Waals surface area contributed by atoms with Gasteiger partial charge in [0.1, 0.15) is 0 Å². The zero-order chi connectivity index (χ0) is 16.7. The Morgan fingerprint density at radius 2 is 2.30 bits per heavy atom. The fraction of sp³-hybridized carbons (Fsp3) is 0.611. The molecule has 1 atom stereocenters. The third kappa shape index (κ3) is 5.41. The van der Waals surface area contributed by atoms with Crippen molar-refractivity contribution in [2.24, 2.45) is 10.9 Å². The maximum Gasteiger partial charge on any atom is 0.193 e. The Bertz CT molecular complexity index is 517. The van der Waals surface area contributed by atoms with Crippen molar-refractivity contribution in [1.29, 1.82) is 0 Å². The molecule has 1 heterocycles. The minimum Gasteiger partial charge on any atom is -0.371 e. The first kappa shape index (κ1) is 18.1. The largest absolute Gasteiger partial charge is 0.371 e. The van der Waals surface area contributed by atoms with E-state index >= 15 is 0 Å². The smallest absolute Gasteiger partial charge is 0.193 e. The van der Waals surface area contributed by atoms with E-state index < -0.39 is 0 Å². The summed E-state index contributed by atoms with van der Waals surface area (Å²) in [5.41, 5.74) is 1.31. The standard InChI is InChI=1S/C18H29BrN4/c1-4-5-10-22(3)18(20-2)21-13-15-9-11-23(14-15)17-8-6-7-16(19)12-17/h6-8,12,15H,4-5,9-11,13-14H2,1-3H3,(H,20,21). The van der Waals surface area contributed by atoms with E-state index in [-0.39, 0.29) is 0 Å². The fourth-order valence-corrected chi connectivity index (χ4v) is 3.42. The lowest BCUT2D eigenvalue weighted by Crippen LogP contribution is -2.41. The van der Waals surface area contributed by atoms with Gasteiger partial charge >= 0.3 is 0 Å². The number of rotatable bonds is 6. The Hall–Kier alpha value is -1.23. The lowest BCUT2D eigenvalue weighted by atomic mass is 10.1. The van der Waals surface area contributed by atoms with Gasteiger partial charge in [-0.3, -0.25) is 4.99 Å². The van der Waals surface area contributed by atoms with E-state index in [4.69, 9.17) is 0 Å². The Balaban J connectivity index is 1.81. The number of hydrogen-bond acceptors (Lipinski definition) is 2. The van der Waals surface area contributed by atoms with Crippen molar-refractivity contribution >= 4 is 27.6 Å². The first-order valence-corrected chi connectivity index (χ1v) is 9.35. The average Bonchev–Trinajstić information content (AvgIpc) is 3.02. The maximum atomic E-state index is 4.40. The van der Waals surface area contributed by atoms with E-state index in [1.54, 1.807) is 0 Å². The number of unbranched alkanes of at least 4 members (excludes halogenated alkanes) is 1. The second kappa shape index (κ2) is 9.16. The summed E-state index contributed by atoms with van der Waals surface area (Å²) < 4.78 is 1.15. The molecule has 1 unspecified atom stereocenters. The number of hydrogen-bond donors (Lipinski definition) is 1. The molecular formula is C18H29BrN4. The van der Waals surface area contributed by atoms with Crippen molar-refractivity contribution < 1.29 is 0 Å². The Morgan fingerprint density at radius 1 is 1.48 bits per heavy atom. The molecule has 1 aromatic carbocycles. The predicted molar refractivity (Wildman–Crippen MR) is 103 cm³/mol. The van der Waals surface area contributed by atoms with Crippen LogP contribution in [0.25, 0.3) is 0 Å². The molecule has 4 nitrogen and oxygen atoms in total. The van der Waals surface area contributed by atoms with Gasteiger partial charge < -0.3 is 15.1 Å². The van der Waals surface area contributed by atoms with Gasteiger partial charge in [-0.15, -0.1) is 0 Å². The van der Waals surface area contributed by atoms with Crippen LogP contribution < -0.4 is 10.2 Å². The Kier molecular flexibility index (Phi) is 7.21. The summed E-state index contributed by atoms with van der Waals surface area (Å²) in [6.07, 6.45) is 3.65. The summed E-state index contributed by atoms with van der Waals surface area (Å²) in [5, 5.41) is 3.54. The van der Waals surface area contributed by atoms with Gasteiger partial charge in [-0.1, -0.05) is 35.3 Å². The van der Waals surface area contributed by atoms with Gasteiger partial charge in [0.15, 0.2) is 5.96 Å². The lowest BCUT2D eigenvalue weighted by Gasteiger charge is -2.23. The molecule has 2 rings (SSSR count). The van der Waals surface area contributed by atoms with Crippen LogP contribution in [-0.4, -0.2) is 51.1 Å². The number of aliphatic imine (C=N–C) groups is 1. The zero-order valence-electron chi connectivity index (χ0n) is 14.6. The Morgan fingerprint density at radius 3 is 3.00 bits per heavy atom. The molecule has 23 heavy (non-hydrogen) atoms. The zero-order valence-corrected chi connectivity index (χ0v) is 16.1. The van der Waals surface area contributed by atoms with Crippen LogP contribution >= 0.6 is 15.9 Å². The molecule has 0 bridgehead atoms. The van der Waals surface area contributed by atoms with Crippen molar-refractivity contribution in [3.63, 3.8) is 0 Å². The van der Waals surface area contributed by atoms with Gasteiger partial charge in [0.05, 0.1) is 0 Å². The maximum absolute atomic E-state index is 4.40. The van der Waals surface area contributed by atoms with Crippen LogP contribution in [0.2, 0.25) is 0 Å². The van der Waals surface area contributed by atoms with Crippen LogP contribution in [0.1, 0.15) is 26.2 Å². The molecule has 1 aliphatic heterocycles. The molecule has 1 saturated heterocycles. The van der Waals surface area contributed by atoms with E-state index in [0.717, 1.165) is 36.6 Å². The average molecular weight is 381 g/mol. The van der Waals surface area contributed by atoms with Gasteiger partial charge in [-0.05, 0) is 37.0 Å². The summed E-state index contributed by atoms with van der Waals surface area (Å²) in [5.74, 6) is 1.68. The van der Waals surface area contributed by atoms with Crippen molar-refractivity contribution in [3.05, 3.63) is 28.7 Å². The number of anilines is 1. The number of nitrogens with zero attached hydrogens (tertiary/aromatic N) is 3. The van der Waals surface area contributed by atoms with E-state index in [0.29, 0.717) is 5.92 Å². The number of benzene rings is 1. The normalized spacial score (nSPS) is 18.3. The monoisotopic (exact) mass is 380 g/mol. The highest BCUT2D eigenvalue weighted by molar-refractivity contribution is 9.10. The van der Waals surface area contributed by atoms with Crippen LogP contribution in [0.15, 0.2) is 33.7 Å². The van der Waals surface area contributed by atoms with Gasteiger partial charge in [0.2, 0.25) is 0 Å². The molecule has 0 spiro atoms. The van der Waals surface area contributed by atoms with E-state index in [1.807, 2.05) is 7.05 Å². The predicted octanol–water partition coefficient (Wildman–Crippen LogP) is 3.58. The highest BCUT2D eigenvalue weighted by Crippen LogP contribution is 2.25. The third-order valence-corrected chi connectivity index (χ3v) is 4.92. The molecule has 5 heteroatoms. The van der Waals surface area contributed by atoms with Crippen molar-refractivity contribution in [3.8, 4) is 0 Å². The molecule has 1 aliphatic rings. The highest BCUT2D eigenvalue weighted by Gasteiger charge is 2.23. The van der Waals surface area contributed by atoms with E-state index in [1.165, 1.54) is 24.9 Å². The Labute approximate surface area is 149 Å². The number of nitrogens with one attached hydrogen (secondary N) is 1. The SMILES string of the molecule is CCCCN(C)C(=NC)NCC1CCN(c2cccc(Br)c2)C1. The summed E-state index contributed by atoms with van der Waals surface area (Å²) in [7, 11) is 3.99. The van der Waals surface area contributed by atoms with Crippen molar-refractivity contribution in [2.75, 3.05) is 45.2 Å². The summed E-state index contributed by atoms with van der Waals surface area (Å²) in [4.78, 5) is 9.10. The van der Waals surface area contributed by atoms with Crippen LogP contribution in [-0.2, 0) is 0 Å². The fourth-order valence-electron chi connectivity index (χ4n) is 3.03. The minimum atomic E-state index is 0.672. The molecular weight excluding hydrogens is 352 g/mol. The minimum absolute atomic E-state index is 0.672. The lowest BCUT2D eigenvalue weighted by molar-refractivity contribution is 0.454. The molecule has 0 aromatic heterocycles. The second-order valence-electron chi connectivity index (χ2n) is 6.28.